The molecule has 1 aromatic carbocycles. The molecule has 0 radical (unpaired) electrons. The lowest BCUT2D eigenvalue weighted by atomic mass is 10.2. The van der Waals surface area contributed by atoms with Gasteiger partial charge in [0.25, 0.3) is 5.91 Å². The predicted molar refractivity (Wildman–Crippen MR) is 94.2 cm³/mol. The Morgan fingerprint density at radius 3 is 2.67 bits per heavy atom. The van der Waals surface area contributed by atoms with Crippen LogP contribution in [0.4, 0.5) is 0 Å². The lowest BCUT2D eigenvalue weighted by Crippen LogP contribution is -2.26. The number of aromatic amines is 1. The summed E-state index contributed by atoms with van der Waals surface area (Å²) in [5.41, 5.74) is 2.81. The van der Waals surface area contributed by atoms with E-state index in [-0.39, 0.29) is 17.7 Å². The SMILES string of the molecule is CC(=O)c1c[nH]c(C(=O)NC(C)c2nc(-c3ccccc3)cs2)c1. The first kappa shape index (κ1) is 16.1. The summed E-state index contributed by atoms with van der Waals surface area (Å²) in [6, 6.07) is 11.3. The van der Waals surface area contributed by atoms with Crippen molar-refractivity contribution >= 4 is 23.0 Å². The molecule has 2 N–H and O–H groups in total. The first-order valence-electron chi connectivity index (χ1n) is 7.55. The number of benzene rings is 1. The molecule has 0 aliphatic rings. The van der Waals surface area contributed by atoms with Gasteiger partial charge in [-0.2, -0.15) is 0 Å². The van der Waals surface area contributed by atoms with Crippen molar-refractivity contribution in [3.8, 4) is 11.3 Å². The van der Waals surface area contributed by atoms with Gasteiger partial charge in [0.15, 0.2) is 5.78 Å². The summed E-state index contributed by atoms with van der Waals surface area (Å²) < 4.78 is 0. The summed E-state index contributed by atoms with van der Waals surface area (Å²) in [7, 11) is 0. The minimum Gasteiger partial charge on any atom is -0.356 e. The third kappa shape index (κ3) is 3.44. The van der Waals surface area contributed by atoms with E-state index in [1.54, 1.807) is 12.3 Å². The lowest BCUT2D eigenvalue weighted by molar-refractivity contribution is 0.0935. The fourth-order valence-corrected chi connectivity index (χ4v) is 3.13. The minimum absolute atomic E-state index is 0.0780. The van der Waals surface area contributed by atoms with E-state index in [4.69, 9.17) is 0 Å². The number of nitrogens with zero attached hydrogens (tertiary/aromatic N) is 1. The Labute approximate surface area is 143 Å². The quantitative estimate of drug-likeness (QED) is 0.694. The van der Waals surface area contributed by atoms with Crippen LogP contribution in [0, 0.1) is 0 Å². The smallest absolute Gasteiger partial charge is 0.268 e. The topological polar surface area (TPSA) is 74.8 Å². The fourth-order valence-electron chi connectivity index (χ4n) is 2.29. The number of hydrogen-bond acceptors (Lipinski definition) is 4. The van der Waals surface area contributed by atoms with E-state index in [1.165, 1.54) is 18.3 Å². The molecule has 1 amide bonds. The number of Topliss-reactive ketones (excluding diaryl/α,β-unsaturated/α-hetero) is 1. The number of ketones is 1. The molecule has 1 unspecified atom stereocenters. The summed E-state index contributed by atoms with van der Waals surface area (Å²) in [5, 5.41) is 5.71. The zero-order valence-corrected chi connectivity index (χ0v) is 14.2. The third-order valence-corrected chi connectivity index (χ3v) is 4.67. The first-order chi connectivity index (χ1) is 11.5. The van der Waals surface area contributed by atoms with Crippen LogP contribution in [0.25, 0.3) is 11.3 Å². The van der Waals surface area contributed by atoms with Crippen LogP contribution in [0.3, 0.4) is 0 Å². The summed E-state index contributed by atoms with van der Waals surface area (Å²) in [6.07, 6.45) is 1.54. The maximum Gasteiger partial charge on any atom is 0.268 e. The van der Waals surface area contributed by atoms with Crippen molar-refractivity contribution in [2.24, 2.45) is 0 Å². The average molecular weight is 339 g/mol. The molecular weight excluding hydrogens is 322 g/mol. The molecule has 0 spiro atoms. The summed E-state index contributed by atoms with van der Waals surface area (Å²) in [5.74, 6) is -0.336. The second kappa shape index (κ2) is 6.80. The number of aromatic nitrogens is 2. The number of carbonyl (C=O) groups excluding carboxylic acids is 2. The highest BCUT2D eigenvalue weighted by molar-refractivity contribution is 7.10. The maximum absolute atomic E-state index is 12.3. The Bertz CT molecular complexity index is 867. The molecule has 6 heteroatoms. The predicted octanol–water partition coefficient (Wildman–Crippen LogP) is 3.83. The van der Waals surface area contributed by atoms with E-state index in [0.29, 0.717) is 11.3 Å². The van der Waals surface area contributed by atoms with Crippen molar-refractivity contribution in [1.82, 2.24) is 15.3 Å². The van der Waals surface area contributed by atoms with Gasteiger partial charge in [0, 0.05) is 22.7 Å². The Balaban J connectivity index is 1.70. The second-order valence-electron chi connectivity index (χ2n) is 5.49. The van der Waals surface area contributed by atoms with E-state index in [9.17, 15) is 9.59 Å². The van der Waals surface area contributed by atoms with Gasteiger partial charge in [-0.3, -0.25) is 9.59 Å². The molecule has 0 saturated heterocycles. The largest absolute Gasteiger partial charge is 0.356 e. The molecule has 0 bridgehead atoms. The normalized spacial score (nSPS) is 11.9. The monoisotopic (exact) mass is 339 g/mol. The molecular formula is C18H17N3O2S. The number of thiazole rings is 1. The van der Waals surface area contributed by atoms with Crippen molar-refractivity contribution in [2.75, 3.05) is 0 Å². The minimum atomic E-state index is -0.258. The van der Waals surface area contributed by atoms with Crippen molar-refractivity contribution in [3.05, 3.63) is 64.2 Å². The molecule has 0 saturated carbocycles. The first-order valence-corrected chi connectivity index (χ1v) is 8.43. The average Bonchev–Trinajstić information content (AvgIpc) is 3.25. The maximum atomic E-state index is 12.3. The fraction of sp³-hybridized carbons (Fsp3) is 0.167. The van der Waals surface area contributed by atoms with Crippen molar-refractivity contribution in [3.63, 3.8) is 0 Å². The van der Waals surface area contributed by atoms with Gasteiger partial charge in [0.2, 0.25) is 0 Å². The summed E-state index contributed by atoms with van der Waals surface area (Å²) in [6.45, 7) is 3.36. The van der Waals surface area contributed by atoms with Gasteiger partial charge in [-0.05, 0) is 19.9 Å². The number of carbonyl (C=O) groups is 2. The lowest BCUT2D eigenvalue weighted by Gasteiger charge is -2.10. The van der Waals surface area contributed by atoms with Crippen molar-refractivity contribution in [2.45, 2.75) is 19.9 Å². The Morgan fingerprint density at radius 1 is 1.25 bits per heavy atom. The number of rotatable bonds is 5. The van der Waals surface area contributed by atoms with Crippen LogP contribution in [-0.4, -0.2) is 21.7 Å². The standard InChI is InChI=1S/C18H17N3O2S/c1-11(20-17(23)15-8-14(9-19-15)12(2)22)18-21-16(10-24-18)13-6-4-3-5-7-13/h3-11,19H,1-2H3,(H,20,23). The molecule has 0 aliphatic heterocycles. The molecule has 2 heterocycles. The van der Waals surface area contributed by atoms with E-state index in [0.717, 1.165) is 16.3 Å². The van der Waals surface area contributed by atoms with Gasteiger partial charge in [0.05, 0.1) is 11.7 Å². The third-order valence-electron chi connectivity index (χ3n) is 3.64. The van der Waals surface area contributed by atoms with Gasteiger partial charge in [-0.25, -0.2) is 4.98 Å². The molecule has 1 atom stereocenters. The van der Waals surface area contributed by atoms with Crippen LogP contribution in [0.15, 0.2) is 48.0 Å². The Hall–Kier alpha value is -2.73. The Morgan fingerprint density at radius 2 is 2.00 bits per heavy atom. The van der Waals surface area contributed by atoms with Gasteiger partial charge in [-0.1, -0.05) is 30.3 Å². The van der Waals surface area contributed by atoms with Crippen LogP contribution < -0.4 is 5.32 Å². The molecule has 122 valence electrons. The zero-order valence-electron chi connectivity index (χ0n) is 13.4. The molecule has 2 aromatic heterocycles. The molecule has 24 heavy (non-hydrogen) atoms. The van der Waals surface area contributed by atoms with Crippen LogP contribution in [0.2, 0.25) is 0 Å². The van der Waals surface area contributed by atoms with Gasteiger partial charge in [-0.15, -0.1) is 11.3 Å². The molecule has 3 aromatic rings. The van der Waals surface area contributed by atoms with Crippen molar-refractivity contribution in [1.29, 1.82) is 0 Å². The van der Waals surface area contributed by atoms with Crippen LogP contribution >= 0.6 is 11.3 Å². The van der Waals surface area contributed by atoms with E-state index in [2.05, 4.69) is 15.3 Å². The van der Waals surface area contributed by atoms with E-state index < -0.39 is 0 Å². The van der Waals surface area contributed by atoms with Gasteiger partial charge in [0.1, 0.15) is 10.7 Å². The van der Waals surface area contributed by atoms with Crippen LogP contribution in [0.1, 0.15) is 45.7 Å². The highest BCUT2D eigenvalue weighted by atomic mass is 32.1. The Kier molecular flexibility index (Phi) is 4.57. The van der Waals surface area contributed by atoms with Crippen LogP contribution in [0.5, 0.6) is 0 Å². The molecule has 5 nitrogen and oxygen atoms in total. The zero-order chi connectivity index (χ0) is 17.1. The van der Waals surface area contributed by atoms with E-state index >= 15 is 0 Å². The van der Waals surface area contributed by atoms with Gasteiger partial charge >= 0.3 is 0 Å². The number of H-pyrrole nitrogens is 1. The molecule has 0 fully saturated rings. The summed E-state index contributed by atoms with van der Waals surface area (Å²) >= 11 is 1.51. The number of amides is 1. The second-order valence-corrected chi connectivity index (χ2v) is 6.38. The van der Waals surface area contributed by atoms with Crippen molar-refractivity contribution < 1.29 is 9.59 Å². The summed E-state index contributed by atoms with van der Waals surface area (Å²) in [4.78, 5) is 31.0. The highest BCUT2D eigenvalue weighted by Crippen LogP contribution is 2.25. The number of hydrogen-bond donors (Lipinski definition) is 2. The van der Waals surface area contributed by atoms with Crippen LogP contribution in [-0.2, 0) is 0 Å². The molecule has 0 aliphatic carbocycles. The van der Waals surface area contributed by atoms with E-state index in [1.807, 2.05) is 42.6 Å². The highest BCUT2D eigenvalue weighted by Gasteiger charge is 2.17. The number of nitrogens with one attached hydrogen (secondary N) is 2. The van der Waals surface area contributed by atoms with Gasteiger partial charge < -0.3 is 10.3 Å². The molecule has 3 rings (SSSR count).